The third-order valence-corrected chi connectivity index (χ3v) is 6.26. The summed E-state index contributed by atoms with van der Waals surface area (Å²) in [6, 6.07) is 7.92. The molecular weight excluding hydrogens is 532 g/mol. The van der Waals surface area contributed by atoms with Crippen molar-refractivity contribution < 1.29 is 27.1 Å². The number of halogens is 4. The Bertz CT molecular complexity index is 1660. The van der Waals surface area contributed by atoms with Gasteiger partial charge in [0.1, 0.15) is 23.1 Å². The van der Waals surface area contributed by atoms with Crippen LogP contribution in [0.25, 0.3) is 16.7 Å². The molecule has 0 fully saturated rings. The standard InChI is InChI=1S/C27H26F4N6O3/c1-15(27(29,30)31)36-21-9-10-33-25(34-14-35(2)3)23(21)37(26(36)39)18-7-5-16(6-8-18)11-17-12-22(40-4)19(24(32)38)13-20(17)28/h5-10,12-15H,11H2,1-4H3,(H2,32,38). The first kappa shape index (κ1) is 28.3. The van der Waals surface area contributed by atoms with E-state index >= 15 is 0 Å². The molecule has 210 valence electrons. The van der Waals surface area contributed by atoms with Crippen molar-refractivity contribution in [3.8, 4) is 11.4 Å². The second kappa shape index (κ2) is 10.8. The molecule has 1 amide bonds. The zero-order chi connectivity index (χ0) is 29.4. The van der Waals surface area contributed by atoms with Gasteiger partial charge in [-0.05, 0) is 48.4 Å². The van der Waals surface area contributed by atoms with Crippen molar-refractivity contribution in [3.63, 3.8) is 0 Å². The van der Waals surface area contributed by atoms with Crippen LogP contribution in [-0.4, -0.2) is 58.6 Å². The highest BCUT2D eigenvalue weighted by molar-refractivity contribution is 5.95. The number of aliphatic imine (C=N–C) groups is 1. The number of hydrogen-bond acceptors (Lipinski definition) is 5. The molecule has 9 nitrogen and oxygen atoms in total. The Morgan fingerprint density at radius 3 is 2.45 bits per heavy atom. The van der Waals surface area contributed by atoms with Crippen LogP contribution in [0.4, 0.5) is 23.4 Å². The van der Waals surface area contributed by atoms with Crippen molar-refractivity contribution in [1.29, 1.82) is 0 Å². The van der Waals surface area contributed by atoms with Crippen LogP contribution in [0.1, 0.15) is 34.5 Å². The Balaban J connectivity index is 1.83. The highest BCUT2D eigenvalue weighted by Crippen LogP contribution is 2.34. The number of carbonyl (C=O) groups excluding carboxylic acids is 1. The molecule has 0 spiro atoms. The highest BCUT2D eigenvalue weighted by atomic mass is 19.4. The number of rotatable bonds is 8. The first-order valence-electron chi connectivity index (χ1n) is 12.0. The first-order valence-corrected chi connectivity index (χ1v) is 12.0. The predicted molar refractivity (Wildman–Crippen MR) is 142 cm³/mol. The van der Waals surface area contributed by atoms with Crippen LogP contribution in [0.2, 0.25) is 0 Å². The average Bonchev–Trinajstić information content (AvgIpc) is 3.19. The summed E-state index contributed by atoms with van der Waals surface area (Å²) in [7, 11) is 4.76. The van der Waals surface area contributed by atoms with E-state index in [2.05, 4.69) is 9.98 Å². The Hall–Kier alpha value is -4.68. The summed E-state index contributed by atoms with van der Waals surface area (Å²) in [5, 5.41) is 0. The zero-order valence-corrected chi connectivity index (χ0v) is 22.0. The van der Waals surface area contributed by atoms with Gasteiger partial charge in [0.15, 0.2) is 5.82 Å². The monoisotopic (exact) mass is 558 g/mol. The fourth-order valence-electron chi connectivity index (χ4n) is 4.25. The highest BCUT2D eigenvalue weighted by Gasteiger charge is 2.40. The number of alkyl halides is 3. The average molecular weight is 559 g/mol. The van der Waals surface area contributed by atoms with Crippen LogP contribution in [0, 0.1) is 5.82 Å². The summed E-state index contributed by atoms with van der Waals surface area (Å²) in [4.78, 5) is 35.1. The summed E-state index contributed by atoms with van der Waals surface area (Å²) in [5.74, 6) is -1.31. The Morgan fingerprint density at radius 2 is 1.88 bits per heavy atom. The van der Waals surface area contributed by atoms with Crippen LogP contribution in [-0.2, 0) is 6.42 Å². The number of primary amides is 1. The second-order valence-corrected chi connectivity index (χ2v) is 9.27. The lowest BCUT2D eigenvalue weighted by Gasteiger charge is -2.17. The van der Waals surface area contributed by atoms with Gasteiger partial charge in [-0.1, -0.05) is 12.1 Å². The lowest BCUT2D eigenvalue weighted by molar-refractivity contribution is -0.162. The molecule has 1 unspecified atom stereocenters. The maximum absolute atomic E-state index is 14.7. The SMILES string of the molecule is COc1cc(Cc2ccc(-n3c(=O)n(C(C)C(F)(F)F)c4ccnc(N=CN(C)C)c43)cc2)c(F)cc1C(N)=O. The number of fused-ring (bicyclic) bond motifs is 1. The van der Waals surface area contributed by atoms with Crippen LogP contribution in [0.3, 0.4) is 0 Å². The molecule has 1 atom stereocenters. The fourth-order valence-corrected chi connectivity index (χ4v) is 4.25. The summed E-state index contributed by atoms with van der Waals surface area (Å²) >= 11 is 0. The van der Waals surface area contributed by atoms with Crippen molar-refractivity contribution in [2.75, 3.05) is 21.2 Å². The number of aromatic nitrogens is 3. The predicted octanol–water partition coefficient (Wildman–Crippen LogP) is 4.37. The Labute approximate surface area is 226 Å². The summed E-state index contributed by atoms with van der Waals surface area (Å²) in [6.07, 6.45) is -1.86. The molecule has 0 aliphatic rings. The lowest BCUT2D eigenvalue weighted by Crippen LogP contribution is -2.33. The van der Waals surface area contributed by atoms with Crippen LogP contribution in [0.5, 0.6) is 5.75 Å². The number of methoxy groups -OCH3 is 1. The molecule has 2 aromatic heterocycles. The van der Waals surface area contributed by atoms with Gasteiger partial charge in [-0.3, -0.25) is 13.9 Å². The topological polar surface area (TPSA) is 108 Å². The van der Waals surface area contributed by atoms with E-state index in [0.717, 1.165) is 17.6 Å². The number of nitrogens with two attached hydrogens (primary N) is 1. The van der Waals surface area contributed by atoms with Crippen molar-refractivity contribution in [2.24, 2.45) is 10.7 Å². The molecule has 0 bridgehead atoms. The van der Waals surface area contributed by atoms with E-state index < -0.39 is 29.6 Å². The first-order chi connectivity index (χ1) is 18.8. The normalized spacial score (nSPS) is 12.7. The molecular formula is C27H26F4N6O3. The van der Waals surface area contributed by atoms with Gasteiger partial charge in [-0.15, -0.1) is 0 Å². The molecule has 0 aliphatic carbocycles. The number of hydrogen-bond donors (Lipinski definition) is 1. The van der Waals surface area contributed by atoms with Gasteiger partial charge in [0.25, 0.3) is 5.91 Å². The van der Waals surface area contributed by atoms with E-state index in [1.54, 1.807) is 31.1 Å². The molecule has 2 heterocycles. The number of amides is 1. The van der Waals surface area contributed by atoms with Gasteiger partial charge in [-0.25, -0.2) is 19.2 Å². The lowest BCUT2D eigenvalue weighted by atomic mass is 10.0. The van der Waals surface area contributed by atoms with Gasteiger partial charge in [0.05, 0.1) is 30.2 Å². The number of pyridine rings is 1. The van der Waals surface area contributed by atoms with E-state index in [9.17, 15) is 27.2 Å². The van der Waals surface area contributed by atoms with Crippen LogP contribution < -0.4 is 16.2 Å². The summed E-state index contributed by atoms with van der Waals surface area (Å²) < 4.78 is 62.9. The quantitative estimate of drug-likeness (QED) is 0.196. The number of carbonyl (C=O) groups is 1. The minimum absolute atomic E-state index is 0.0171. The molecule has 2 aromatic carbocycles. The van der Waals surface area contributed by atoms with E-state index in [0.29, 0.717) is 10.1 Å². The molecule has 2 N–H and O–H groups in total. The van der Waals surface area contributed by atoms with Crippen molar-refractivity contribution >= 4 is 29.1 Å². The summed E-state index contributed by atoms with van der Waals surface area (Å²) in [5.41, 5.74) is 5.51. The van der Waals surface area contributed by atoms with Gasteiger partial charge in [-0.2, -0.15) is 13.2 Å². The maximum Gasteiger partial charge on any atom is 0.409 e. The number of benzene rings is 2. The van der Waals surface area contributed by atoms with Crippen molar-refractivity contribution in [2.45, 2.75) is 25.6 Å². The molecule has 0 radical (unpaired) electrons. The molecule has 0 saturated heterocycles. The molecule has 0 aliphatic heterocycles. The second-order valence-electron chi connectivity index (χ2n) is 9.27. The third kappa shape index (κ3) is 5.40. The Morgan fingerprint density at radius 1 is 1.20 bits per heavy atom. The maximum atomic E-state index is 14.7. The molecule has 13 heteroatoms. The number of nitrogens with zero attached hydrogens (tertiary/aromatic N) is 5. The smallest absolute Gasteiger partial charge is 0.409 e. The van der Waals surface area contributed by atoms with E-state index in [4.69, 9.17) is 10.5 Å². The summed E-state index contributed by atoms with van der Waals surface area (Å²) in [6.45, 7) is 0.907. The molecule has 4 aromatic rings. The van der Waals surface area contributed by atoms with E-state index in [1.807, 2.05) is 0 Å². The zero-order valence-electron chi connectivity index (χ0n) is 22.0. The minimum Gasteiger partial charge on any atom is -0.496 e. The van der Waals surface area contributed by atoms with E-state index in [-0.39, 0.29) is 45.8 Å². The van der Waals surface area contributed by atoms with Crippen LogP contribution in [0.15, 0.2) is 58.4 Å². The van der Waals surface area contributed by atoms with Gasteiger partial charge < -0.3 is 15.4 Å². The third-order valence-electron chi connectivity index (χ3n) is 6.26. The van der Waals surface area contributed by atoms with Gasteiger partial charge >= 0.3 is 11.9 Å². The molecule has 40 heavy (non-hydrogen) atoms. The van der Waals surface area contributed by atoms with Crippen LogP contribution >= 0.6 is 0 Å². The van der Waals surface area contributed by atoms with Gasteiger partial charge in [0, 0.05) is 26.7 Å². The fraction of sp³-hybridized carbons (Fsp3) is 0.259. The molecule has 0 saturated carbocycles. The Kier molecular flexibility index (Phi) is 7.67. The van der Waals surface area contributed by atoms with E-state index in [1.165, 1.54) is 43.9 Å². The van der Waals surface area contributed by atoms with Crippen molar-refractivity contribution in [3.05, 3.63) is 81.7 Å². The largest absolute Gasteiger partial charge is 0.496 e. The minimum atomic E-state index is -4.68. The molecule has 4 rings (SSSR count). The van der Waals surface area contributed by atoms with Crippen molar-refractivity contribution in [1.82, 2.24) is 19.0 Å². The number of imidazole rings is 1. The number of ether oxygens (including phenoxy) is 1. The van der Waals surface area contributed by atoms with Gasteiger partial charge in [0.2, 0.25) is 0 Å².